The highest BCUT2D eigenvalue weighted by Gasteiger charge is 2.40. The van der Waals surface area contributed by atoms with Gasteiger partial charge in [0.2, 0.25) is 0 Å². The van der Waals surface area contributed by atoms with Crippen LogP contribution >= 0.6 is 0 Å². The zero-order valence-corrected chi connectivity index (χ0v) is 22.3. The summed E-state index contributed by atoms with van der Waals surface area (Å²) in [6.45, 7) is 1.17. The molecule has 0 bridgehead atoms. The predicted octanol–water partition coefficient (Wildman–Crippen LogP) is 5.63. The summed E-state index contributed by atoms with van der Waals surface area (Å²) in [7, 11) is 0. The molecule has 3 aromatic rings. The van der Waals surface area contributed by atoms with Gasteiger partial charge in [-0.3, -0.25) is 4.79 Å². The topological polar surface area (TPSA) is 216 Å². The van der Waals surface area contributed by atoms with Crippen molar-refractivity contribution in [1.29, 1.82) is 0 Å². The Kier molecular flexibility index (Phi) is 7.70. The molecule has 210 valence electrons. The number of para-hydroxylation sites is 1. The number of hydrogen-bond acceptors (Lipinski definition) is 7. The van der Waals surface area contributed by atoms with Crippen molar-refractivity contribution in [1.82, 2.24) is 19.2 Å². The van der Waals surface area contributed by atoms with Crippen molar-refractivity contribution in [3.63, 3.8) is 0 Å². The molecule has 16 nitrogen and oxygen atoms in total. The second kappa shape index (κ2) is 11.5. The highest BCUT2D eigenvalue weighted by molar-refractivity contribution is 6.06. The van der Waals surface area contributed by atoms with Crippen LogP contribution < -0.4 is 0 Å². The van der Waals surface area contributed by atoms with Crippen LogP contribution in [0.15, 0.2) is 52.0 Å². The van der Waals surface area contributed by atoms with Crippen molar-refractivity contribution >= 4 is 22.9 Å². The molecule has 0 saturated heterocycles. The van der Waals surface area contributed by atoms with Crippen LogP contribution in [-0.4, -0.2) is 62.0 Å². The third-order valence-corrected chi connectivity index (χ3v) is 7.37. The number of rotatable bonds is 10. The third kappa shape index (κ3) is 5.75. The van der Waals surface area contributed by atoms with Gasteiger partial charge < -0.3 is 14.2 Å². The van der Waals surface area contributed by atoms with Gasteiger partial charge in [0.25, 0.3) is 5.91 Å². The molecule has 2 aliphatic rings. The van der Waals surface area contributed by atoms with Gasteiger partial charge in [0.1, 0.15) is 12.3 Å². The molecule has 2 aromatic heterocycles. The quantitative estimate of drug-likeness (QED) is 0.176. The number of amides is 1. The molecule has 0 spiro atoms. The maximum Gasteiger partial charge on any atom is 0.435 e. The Morgan fingerprint density at radius 3 is 2.49 bits per heavy atom. The minimum atomic E-state index is -1.34. The molecule has 1 saturated carbocycles. The van der Waals surface area contributed by atoms with Gasteiger partial charge in [-0.05, 0) is 73.3 Å². The Bertz CT molecular complexity index is 1610. The SMILES string of the molecule is CC(CN=[N+]=[N-])(CN=[N+]=[N-])OC(=O)n1cc2c(n1)CCC(N(C(=O)c1cccc3ccn(CN=[N+]=[N-])c13)C1CC1)C2. The van der Waals surface area contributed by atoms with Gasteiger partial charge in [0.15, 0.2) is 0 Å². The number of nitrogens with zero attached hydrogens (tertiary/aromatic N) is 13. The number of azide groups is 3. The van der Waals surface area contributed by atoms with Gasteiger partial charge in [-0.25, -0.2) is 4.79 Å². The summed E-state index contributed by atoms with van der Waals surface area (Å²) in [6.07, 6.45) is 6.24. The Labute approximate surface area is 233 Å². The van der Waals surface area contributed by atoms with E-state index in [-0.39, 0.29) is 37.7 Å². The van der Waals surface area contributed by atoms with Crippen molar-refractivity contribution in [3.05, 3.63) is 84.8 Å². The summed E-state index contributed by atoms with van der Waals surface area (Å²) in [6, 6.07) is 7.51. The van der Waals surface area contributed by atoms with E-state index in [1.165, 1.54) is 6.92 Å². The highest BCUT2D eigenvalue weighted by atomic mass is 16.6. The second-order valence-corrected chi connectivity index (χ2v) is 10.4. The molecule has 0 N–H and O–H groups in total. The maximum absolute atomic E-state index is 14.1. The number of fused-ring (bicyclic) bond motifs is 2. The van der Waals surface area contributed by atoms with Gasteiger partial charge in [0, 0.05) is 44.6 Å². The molecule has 5 rings (SSSR count). The van der Waals surface area contributed by atoms with Gasteiger partial charge in [-0.1, -0.05) is 27.5 Å². The number of carbonyl (C=O) groups is 2. The van der Waals surface area contributed by atoms with E-state index < -0.39 is 11.7 Å². The lowest BCUT2D eigenvalue weighted by atomic mass is 9.91. The molecular weight excluding hydrogens is 530 g/mol. The first-order valence-electron chi connectivity index (χ1n) is 13.1. The molecule has 1 atom stereocenters. The van der Waals surface area contributed by atoms with Crippen LogP contribution in [0.3, 0.4) is 0 Å². The Morgan fingerprint density at radius 2 is 1.80 bits per heavy atom. The van der Waals surface area contributed by atoms with E-state index >= 15 is 0 Å². The highest BCUT2D eigenvalue weighted by Crippen LogP contribution is 2.36. The van der Waals surface area contributed by atoms with Crippen molar-refractivity contribution < 1.29 is 14.3 Å². The van der Waals surface area contributed by atoms with E-state index in [4.69, 9.17) is 21.3 Å². The van der Waals surface area contributed by atoms with Crippen LogP contribution in [0.2, 0.25) is 0 Å². The number of carbonyl (C=O) groups excluding carboxylic acids is 2. The minimum Gasteiger partial charge on any atom is -0.441 e. The number of benzene rings is 1. The average molecular weight is 558 g/mol. The van der Waals surface area contributed by atoms with Crippen LogP contribution in [0, 0.1) is 0 Å². The first-order chi connectivity index (χ1) is 19.9. The Balaban J connectivity index is 1.37. The summed E-state index contributed by atoms with van der Waals surface area (Å²) in [5, 5.41) is 15.9. The molecule has 1 fully saturated rings. The Hall–Kier alpha value is -5.16. The molecule has 1 unspecified atom stereocenters. The van der Waals surface area contributed by atoms with Gasteiger partial charge >= 0.3 is 6.09 Å². The van der Waals surface area contributed by atoms with Crippen molar-refractivity contribution in [2.45, 2.75) is 63.4 Å². The smallest absolute Gasteiger partial charge is 0.435 e. The van der Waals surface area contributed by atoms with Crippen LogP contribution in [0.4, 0.5) is 4.79 Å². The molecule has 1 aromatic carbocycles. The van der Waals surface area contributed by atoms with Crippen LogP contribution in [0.25, 0.3) is 42.2 Å². The summed E-state index contributed by atoms with van der Waals surface area (Å²) < 4.78 is 8.41. The zero-order valence-electron chi connectivity index (χ0n) is 22.3. The van der Waals surface area contributed by atoms with Crippen LogP contribution in [0.5, 0.6) is 0 Å². The van der Waals surface area contributed by atoms with E-state index in [1.54, 1.807) is 16.8 Å². The lowest BCUT2D eigenvalue weighted by molar-refractivity contribution is 0.0369. The van der Waals surface area contributed by atoms with Crippen molar-refractivity contribution in [2.24, 2.45) is 15.3 Å². The normalized spacial score (nSPS) is 17.2. The minimum absolute atomic E-state index is 0.0777. The van der Waals surface area contributed by atoms with E-state index in [9.17, 15) is 9.59 Å². The van der Waals surface area contributed by atoms with Crippen molar-refractivity contribution in [3.8, 4) is 0 Å². The molecule has 1 amide bonds. The molecule has 16 heteroatoms. The summed E-state index contributed by atoms with van der Waals surface area (Å²) in [4.78, 5) is 37.2. The van der Waals surface area contributed by atoms with Crippen LogP contribution in [0.1, 0.15) is 47.8 Å². The molecular formula is C25H27N13O3. The predicted molar refractivity (Wildman–Crippen MR) is 147 cm³/mol. The van der Waals surface area contributed by atoms with Gasteiger partial charge in [0.05, 0.1) is 29.9 Å². The molecule has 41 heavy (non-hydrogen) atoms. The molecule has 0 aliphatic heterocycles. The first-order valence-corrected chi connectivity index (χ1v) is 13.1. The number of hydrogen-bond donors (Lipinski definition) is 0. The summed E-state index contributed by atoms with van der Waals surface area (Å²) in [5.41, 5.74) is 27.7. The fourth-order valence-corrected chi connectivity index (χ4v) is 5.32. The zero-order chi connectivity index (χ0) is 29.0. The summed E-state index contributed by atoms with van der Waals surface area (Å²) >= 11 is 0. The average Bonchev–Trinajstić information content (AvgIpc) is 3.56. The first kappa shape index (κ1) is 27.4. The van der Waals surface area contributed by atoms with E-state index in [0.29, 0.717) is 24.8 Å². The van der Waals surface area contributed by atoms with E-state index in [1.807, 2.05) is 29.3 Å². The largest absolute Gasteiger partial charge is 0.441 e. The fraction of sp³-hybridized carbons (Fsp3) is 0.480. The Morgan fingerprint density at radius 1 is 1.07 bits per heavy atom. The van der Waals surface area contributed by atoms with Crippen LogP contribution in [-0.2, 0) is 24.2 Å². The van der Waals surface area contributed by atoms with E-state index in [0.717, 1.165) is 39.7 Å². The number of aromatic nitrogens is 3. The molecule has 2 aliphatic carbocycles. The third-order valence-electron chi connectivity index (χ3n) is 7.37. The molecule has 0 radical (unpaired) electrons. The van der Waals surface area contributed by atoms with E-state index in [2.05, 4.69) is 35.2 Å². The summed E-state index contributed by atoms with van der Waals surface area (Å²) in [5.74, 6) is -0.0777. The number of ether oxygens (including phenoxy) is 1. The molecule has 2 heterocycles. The standard InChI is InChI=1S/C25H27N13O3/c1-25(13-29-33-26,14-30-34-27)41-24(40)37-12-17-11-19(7-8-21(17)32-37)38(18-5-6-18)23(39)20-4-2-3-16-9-10-36(22(16)20)15-31-35-28/h2-4,9-10,12,18-19H,5-8,11,13-15H2,1H3. The second-order valence-electron chi connectivity index (χ2n) is 10.4. The lowest BCUT2D eigenvalue weighted by Crippen LogP contribution is -2.45. The lowest BCUT2D eigenvalue weighted by Gasteiger charge is -2.34. The monoisotopic (exact) mass is 557 g/mol. The maximum atomic E-state index is 14.1. The number of aryl methyl sites for hydroxylation is 1. The fourth-order valence-electron chi connectivity index (χ4n) is 5.32. The van der Waals surface area contributed by atoms with Gasteiger partial charge in [-0.15, -0.1) is 0 Å². The van der Waals surface area contributed by atoms with Gasteiger partial charge in [-0.2, -0.15) is 9.78 Å². The van der Waals surface area contributed by atoms with Crippen molar-refractivity contribution in [2.75, 3.05) is 13.1 Å².